The van der Waals surface area contributed by atoms with E-state index >= 15 is 0 Å². The second kappa shape index (κ2) is 11.4. The van der Waals surface area contributed by atoms with E-state index in [2.05, 4.69) is 34.2 Å². The van der Waals surface area contributed by atoms with Gasteiger partial charge in [-0.15, -0.1) is 24.0 Å². The fourth-order valence-corrected chi connectivity index (χ4v) is 1.76. The first-order chi connectivity index (χ1) is 10.8. The van der Waals surface area contributed by atoms with Crippen molar-refractivity contribution >= 4 is 29.9 Å². The second-order valence-corrected chi connectivity index (χ2v) is 5.47. The summed E-state index contributed by atoms with van der Waals surface area (Å²) in [6.07, 6.45) is 0. The predicted molar refractivity (Wildman–Crippen MR) is 101 cm³/mol. The summed E-state index contributed by atoms with van der Waals surface area (Å²) in [5, 5.41) is 6.24. The highest BCUT2D eigenvalue weighted by Crippen LogP contribution is 2.24. The number of nitrogens with one attached hydrogen (secondary N) is 2. The fourth-order valence-electron chi connectivity index (χ4n) is 1.76. The van der Waals surface area contributed by atoms with Gasteiger partial charge in [0.05, 0.1) is 12.1 Å². The number of halogens is 4. The van der Waals surface area contributed by atoms with Gasteiger partial charge in [0.15, 0.2) is 5.96 Å². The van der Waals surface area contributed by atoms with E-state index in [1.165, 1.54) is 18.2 Å². The van der Waals surface area contributed by atoms with Crippen molar-refractivity contribution < 1.29 is 17.9 Å². The maximum atomic E-state index is 13.9. The molecule has 0 saturated carbocycles. The van der Waals surface area contributed by atoms with Crippen LogP contribution in [0.4, 0.5) is 13.2 Å². The van der Waals surface area contributed by atoms with Crippen molar-refractivity contribution in [3.8, 4) is 5.75 Å². The van der Waals surface area contributed by atoms with Gasteiger partial charge in [-0.25, -0.2) is 9.38 Å². The third-order valence-electron chi connectivity index (χ3n) is 3.40. The molecule has 0 amide bonds. The molecule has 0 aliphatic rings. The smallest absolute Gasteiger partial charge is 0.387 e. The summed E-state index contributed by atoms with van der Waals surface area (Å²) in [6.45, 7) is 5.56. The van der Waals surface area contributed by atoms with Crippen LogP contribution in [0.15, 0.2) is 23.2 Å². The average molecular weight is 459 g/mol. The van der Waals surface area contributed by atoms with Gasteiger partial charge in [-0.2, -0.15) is 8.78 Å². The molecule has 24 heavy (non-hydrogen) atoms. The van der Waals surface area contributed by atoms with E-state index in [0.29, 0.717) is 18.4 Å². The van der Waals surface area contributed by atoms with Crippen LogP contribution in [0.25, 0.3) is 0 Å². The summed E-state index contributed by atoms with van der Waals surface area (Å²) in [6, 6.07) is 3.98. The monoisotopic (exact) mass is 459 g/mol. The highest BCUT2D eigenvalue weighted by Gasteiger charge is 2.14. The second-order valence-electron chi connectivity index (χ2n) is 5.47. The molecule has 1 atom stereocenters. The van der Waals surface area contributed by atoms with Gasteiger partial charge in [-0.1, -0.05) is 19.9 Å². The Balaban J connectivity index is 0.00000529. The molecule has 1 unspecified atom stereocenters. The number of rotatable bonds is 7. The molecule has 1 aromatic rings. The first kappa shape index (κ1) is 22.8. The Hall–Kier alpha value is -1.19. The largest absolute Gasteiger partial charge is 0.434 e. The van der Waals surface area contributed by atoms with Crippen LogP contribution in [-0.2, 0) is 6.54 Å². The number of nitrogens with zero attached hydrogens (tertiary/aromatic N) is 1. The van der Waals surface area contributed by atoms with Crippen molar-refractivity contribution in [3.63, 3.8) is 0 Å². The van der Waals surface area contributed by atoms with Gasteiger partial charge in [0, 0.05) is 12.6 Å². The molecule has 0 aliphatic carbocycles. The van der Waals surface area contributed by atoms with E-state index in [0.717, 1.165) is 0 Å². The van der Waals surface area contributed by atoms with Crippen molar-refractivity contribution in [2.24, 2.45) is 10.9 Å². The molecule has 0 aliphatic heterocycles. The lowest BCUT2D eigenvalue weighted by Crippen LogP contribution is -2.44. The van der Waals surface area contributed by atoms with Crippen molar-refractivity contribution in [2.45, 2.75) is 46.9 Å². The normalized spacial score (nSPS) is 12.8. The highest BCUT2D eigenvalue weighted by molar-refractivity contribution is 14.0. The minimum atomic E-state index is -3.01. The van der Waals surface area contributed by atoms with Crippen LogP contribution in [0.2, 0.25) is 0 Å². The molecule has 1 rings (SSSR count). The number of aliphatic imine (C=N–C) groups is 1. The Morgan fingerprint density at radius 3 is 2.46 bits per heavy atom. The van der Waals surface area contributed by atoms with Crippen LogP contribution in [0.1, 0.15) is 33.3 Å². The van der Waals surface area contributed by atoms with Crippen LogP contribution >= 0.6 is 24.0 Å². The lowest BCUT2D eigenvalue weighted by molar-refractivity contribution is -0.0506. The minimum Gasteiger partial charge on any atom is -0.434 e. The van der Waals surface area contributed by atoms with Gasteiger partial charge < -0.3 is 15.4 Å². The third kappa shape index (κ3) is 7.59. The molecule has 0 spiro atoms. The standard InChI is InChI=1S/C16H24F3N3O.HI/c1-5-20-16(22-11(4)10(2)3)21-9-12-13(17)7-6-8-14(12)23-15(18)19;/h6-8,10-11,15H,5,9H2,1-4H3,(H2,20,21,22);1H. The van der Waals surface area contributed by atoms with Crippen LogP contribution in [0.5, 0.6) is 5.75 Å². The lowest BCUT2D eigenvalue weighted by atomic mass is 10.1. The first-order valence-corrected chi connectivity index (χ1v) is 7.62. The van der Waals surface area contributed by atoms with E-state index < -0.39 is 12.4 Å². The molecule has 4 nitrogen and oxygen atoms in total. The van der Waals surface area contributed by atoms with Crippen molar-refractivity contribution in [2.75, 3.05) is 6.54 Å². The average Bonchev–Trinajstić information content (AvgIpc) is 2.45. The molecule has 8 heteroatoms. The third-order valence-corrected chi connectivity index (χ3v) is 3.40. The molecular formula is C16H25F3IN3O. The topological polar surface area (TPSA) is 45.7 Å². The summed E-state index contributed by atoms with van der Waals surface area (Å²) >= 11 is 0. The van der Waals surface area contributed by atoms with E-state index in [1.54, 1.807) is 0 Å². The number of alkyl halides is 2. The molecule has 1 aromatic carbocycles. The summed E-state index contributed by atoms with van der Waals surface area (Å²) in [7, 11) is 0. The zero-order chi connectivity index (χ0) is 17.4. The van der Waals surface area contributed by atoms with Gasteiger partial charge in [0.1, 0.15) is 11.6 Å². The number of ether oxygens (including phenoxy) is 1. The summed E-state index contributed by atoms with van der Waals surface area (Å²) in [5.41, 5.74) is 0.00204. The Kier molecular flexibility index (Phi) is 10.8. The molecule has 0 saturated heterocycles. The first-order valence-electron chi connectivity index (χ1n) is 7.62. The van der Waals surface area contributed by atoms with E-state index in [-0.39, 0.29) is 47.9 Å². The molecule has 0 aromatic heterocycles. The minimum absolute atomic E-state index is 0. The molecule has 0 bridgehead atoms. The van der Waals surface area contributed by atoms with E-state index in [9.17, 15) is 13.2 Å². The molecule has 0 radical (unpaired) electrons. The molecule has 0 heterocycles. The quantitative estimate of drug-likeness (QED) is 0.366. The van der Waals surface area contributed by atoms with Gasteiger partial charge in [0.25, 0.3) is 0 Å². The molecule has 2 N–H and O–H groups in total. The van der Waals surface area contributed by atoms with Crippen LogP contribution in [0, 0.1) is 11.7 Å². The fraction of sp³-hybridized carbons (Fsp3) is 0.562. The van der Waals surface area contributed by atoms with Crippen molar-refractivity contribution in [1.82, 2.24) is 10.6 Å². The number of hydrogen-bond donors (Lipinski definition) is 2. The number of hydrogen-bond acceptors (Lipinski definition) is 2. The Bertz CT molecular complexity index is 527. The SMILES string of the molecule is CCNC(=NCc1c(F)cccc1OC(F)F)NC(C)C(C)C.I. The Morgan fingerprint density at radius 2 is 1.92 bits per heavy atom. The number of guanidine groups is 1. The maximum absolute atomic E-state index is 13.9. The summed E-state index contributed by atoms with van der Waals surface area (Å²) < 4.78 is 43.1. The maximum Gasteiger partial charge on any atom is 0.387 e. The number of benzene rings is 1. The zero-order valence-corrected chi connectivity index (χ0v) is 16.6. The molecule has 138 valence electrons. The summed E-state index contributed by atoms with van der Waals surface area (Å²) in [5.74, 6) is 0.0566. The van der Waals surface area contributed by atoms with Crippen molar-refractivity contribution in [1.29, 1.82) is 0 Å². The van der Waals surface area contributed by atoms with Crippen LogP contribution in [0.3, 0.4) is 0 Å². The zero-order valence-electron chi connectivity index (χ0n) is 14.3. The molecule has 0 fully saturated rings. The van der Waals surface area contributed by atoms with Gasteiger partial charge in [-0.3, -0.25) is 0 Å². The van der Waals surface area contributed by atoms with Gasteiger partial charge >= 0.3 is 6.61 Å². The summed E-state index contributed by atoms with van der Waals surface area (Å²) in [4.78, 5) is 4.26. The Morgan fingerprint density at radius 1 is 1.25 bits per heavy atom. The predicted octanol–water partition coefficient (Wildman–Crippen LogP) is 4.14. The lowest BCUT2D eigenvalue weighted by Gasteiger charge is -2.21. The van der Waals surface area contributed by atoms with Crippen molar-refractivity contribution in [3.05, 3.63) is 29.6 Å². The molecular weight excluding hydrogens is 434 g/mol. The van der Waals surface area contributed by atoms with Gasteiger partial charge in [-0.05, 0) is 31.9 Å². The highest BCUT2D eigenvalue weighted by atomic mass is 127. The van der Waals surface area contributed by atoms with E-state index in [4.69, 9.17) is 0 Å². The van der Waals surface area contributed by atoms with Gasteiger partial charge in [0.2, 0.25) is 0 Å². The Labute approximate surface area is 158 Å². The van der Waals surface area contributed by atoms with E-state index in [1.807, 2.05) is 13.8 Å². The van der Waals surface area contributed by atoms with Crippen LogP contribution in [-0.4, -0.2) is 25.2 Å². The van der Waals surface area contributed by atoms with Crippen LogP contribution < -0.4 is 15.4 Å².